The summed E-state index contributed by atoms with van der Waals surface area (Å²) in [6, 6.07) is 14.5. The maximum Gasteiger partial charge on any atom is 0.254 e. The Morgan fingerprint density at radius 3 is 2.83 bits per heavy atom. The van der Waals surface area contributed by atoms with Gasteiger partial charge < -0.3 is 23.9 Å². The molecule has 184 valence electrons. The molecule has 1 amide bonds. The number of carbonyl (C=O) groups is 1. The van der Waals surface area contributed by atoms with E-state index in [1.165, 1.54) is 23.7 Å². The van der Waals surface area contributed by atoms with Crippen LogP contribution in [0.3, 0.4) is 0 Å². The maximum absolute atomic E-state index is 13.6. The van der Waals surface area contributed by atoms with Crippen molar-refractivity contribution in [3.05, 3.63) is 48.0 Å². The van der Waals surface area contributed by atoms with Gasteiger partial charge in [0.15, 0.2) is 5.82 Å². The molecule has 7 nitrogen and oxygen atoms in total. The third-order valence-corrected chi connectivity index (χ3v) is 9.43. The quantitative estimate of drug-likeness (QED) is 0.466. The number of likely N-dealkylation sites (tertiary alicyclic amines) is 1. The van der Waals surface area contributed by atoms with Crippen LogP contribution in [-0.4, -0.2) is 55.8 Å². The number of fused-ring (bicyclic) bond motifs is 2. The SMILES string of the molecule is COc1cc(C(=O)N2C[C@H]3CC4[C@H]3[C@H]2[C@H]4O)cc2nc(-c3cc4ccccc4n3CC3CC3)n(C)c12. The number of amides is 1. The maximum atomic E-state index is 13.6. The zero-order valence-electron chi connectivity index (χ0n) is 20.6. The molecule has 7 heteroatoms. The molecule has 3 aliphatic carbocycles. The second-order valence-electron chi connectivity index (χ2n) is 11.4. The van der Waals surface area contributed by atoms with Crippen LogP contribution >= 0.6 is 0 Å². The summed E-state index contributed by atoms with van der Waals surface area (Å²) in [5.74, 6) is 3.66. The third kappa shape index (κ3) is 2.67. The molecule has 8 rings (SSSR count). The number of nitrogens with zero attached hydrogens (tertiary/aromatic N) is 4. The predicted molar refractivity (Wildman–Crippen MR) is 137 cm³/mol. The Bertz CT molecular complexity index is 1560. The number of aliphatic hydroxyl groups is 1. The predicted octanol–water partition coefficient (Wildman–Crippen LogP) is 4.06. The van der Waals surface area contributed by atoms with Crippen LogP contribution in [-0.2, 0) is 13.6 Å². The highest BCUT2D eigenvalue weighted by Gasteiger charge is 2.67. The van der Waals surface area contributed by atoms with Gasteiger partial charge in [-0.05, 0) is 67.2 Å². The minimum Gasteiger partial charge on any atom is -0.494 e. The molecule has 36 heavy (non-hydrogen) atoms. The summed E-state index contributed by atoms with van der Waals surface area (Å²) in [5, 5.41) is 11.8. The fraction of sp³-hybridized carbons (Fsp3) is 0.448. The van der Waals surface area contributed by atoms with Gasteiger partial charge in [-0.3, -0.25) is 4.79 Å². The summed E-state index contributed by atoms with van der Waals surface area (Å²) in [7, 11) is 3.67. The molecule has 0 spiro atoms. The highest BCUT2D eigenvalue weighted by Crippen LogP contribution is 2.60. The molecule has 3 heterocycles. The number of aryl methyl sites for hydroxylation is 1. The number of carbonyl (C=O) groups excluding carboxylic acids is 1. The molecule has 1 N–H and O–H groups in total. The van der Waals surface area contributed by atoms with Gasteiger partial charge in [-0.25, -0.2) is 4.98 Å². The van der Waals surface area contributed by atoms with Crippen molar-refractivity contribution in [3.63, 3.8) is 0 Å². The first kappa shape index (κ1) is 20.8. The van der Waals surface area contributed by atoms with Gasteiger partial charge in [-0.1, -0.05) is 18.2 Å². The topological polar surface area (TPSA) is 72.5 Å². The second kappa shape index (κ2) is 7.13. The number of ether oxygens (including phenoxy) is 1. The zero-order chi connectivity index (χ0) is 24.3. The molecule has 1 unspecified atom stereocenters. The lowest BCUT2D eigenvalue weighted by Crippen LogP contribution is -2.64. The lowest BCUT2D eigenvalue weighted by atomic mass is 9.51. The lowest BCUT2D eigenvalue weighted by molar-refractivity contribution is -0.144. The molecule has 1 saturated heterocycles. The number of methoxy groups -OCH3 is 1. The number of hydrogen-bond acceptors (Lipinski definition) is 4. The van der Waals surface area contributed by atoms with E-state index >= 15 is 0 Å². The molecule has 5 atom stereocenters. The zero-order valence-corrected chi connectivity index (χ0v) is 20.6. The second-order valence-corrected chi connectivity index (χ2v) is 11.4. The summed E-state index contributed by atoms with van der Waals surface area (Å²) >= 11 is 0. The summed E-state index contributed by atoms with van der Waals surface area (Å²) in [6.45, 7) is 1.74. The first-order chi connectivity index (χ1) is 17.5. The number of rotatable bonds is 5. The number of aliphatic hydroxyl groups excluding tert-OH is 1. The summed E-state index contributed by atoms with van der Waals surface area (Å²) in [6.07, 6.45) is 3.23. The molecular weight excluding hydrogens is 452 g/mol. The van der Waals surface area contributed by atoms with Gasteiger partial charge in [-0.15, -0.1) is 0 Å². The van der Waals surface area contributed by atoms with Crippen LogP contribution in [0, 0.1) is 23.7 Å². The lowest BCUT2D eigenvalue weighted by Gasteiger charge is -2.56. The van der Waals surface area contributed by atoms with Crippen molar-refractivity contribution in [3.8, 4) is 17.3 Å². The average Bonchev–Trinajstić information content (AvgIpc) is 3.51. The van der Waals surface area contributed by atoms with Gasteiger partial charge in [0, 0.05) is 36.6 Å². The summed E-state index contributed by atoms with van der Waals surface area (Å²) < 4.78 is 10.3. The Morgan fingerprint density at radius 1 is 1.19 bits per heavy atom. The molecule has 4 aromatic rings. The van der Waals surface area contributed by atoms with Crippen molar-refractivity contribution in [1.29, 1.82) is 0 Å². The number of para-hydroxylation sites is 1. The molecule has 0 bridgehead atoms. The van der Waals surface area contributed by atoms with Crippen molar-refractivity contribution >= 4 is 27.8 Å². The van der Waals surface area contributed by atoms with E-state index in [9.17, 15) is 9.90 Å². The summed E-state index contributed by atoms with van der Waals surface area (Å²) in [4.78, 5) is 20.6. The van der Waals surface area contributed by atoms with E-state index in [2.05, 4.69) is 39.5 Å². The first-order valence-corrected chi connectivity index (χ1v) is 13.2. The van der Waals surface area contributed by atoms with Gasteiger partial charge in [0.2, 0.25) is 0 Å². The Balaban J connectivity index is 1.24. The van der Waals surface area contributed by atoms with Crippen LogP contribution in [0.2, 0.25) is 0 Å². The van der Waals surface area contributed by atoms with Crippen molar-refractivity contribution in [2.45, 2.75) is 38.0 Å². The Labute approximate surface area is 209 Å². The molecule has 0 radical (unpaired) electrons. The normalized spacial score (nSPS) is 28.3. The average molecular weight is 483 g/mol. The summed E-state index contributed by atoms with van der Waals surface area (Å²) in [5.41, 5.74) is 4.55. The largest absolute Gasteiger partial charge is 0.494 e. The third-order valence-electron chi connectivity index (χ3n) is 9.43. The van der Waals surface area contributed by atoms with Crippen LogP contribution in [0.4, 0.5) is 0 Å². The Hall–Kier alpha value is -3.32. The van der Waals surface area contributed by atoms with Crippen molar-refractivity contribution in [2.24, 2.45) is 30.7 Å². The smallest absolute Gasteiger partial charge is 0.254 e. The van der Waals surface area contributed by atoms with Crippen molar-refractivity contribution < 1.29 is 14.6 Å². The molecular formula is C29H30N4O3. The van der Waals surface area contributed by atoms with Crippen molar-refractivity contribution in [2.75, 3.05) is 13.7 Å². The number of hydrogen-bond donors (Lipinski definition) is 1. The van der Waals surface area contributed by atoms with Gasteiger partial charge >= 0.3 is 0 Å². The van der Waals surface area contributed by atoms with Gasteiger partial charge in [-0.2, -0.15) is 0 Å². The van der Waals surface area contributed by atoms with E-state index in [-0.39, 0.29) is 18.1 Å². The van der Waals surface area contributed by atoms with Crippen molar-refractivity contribution in [1.82, 2.24) is 19.0 Å². The van der Waals surface area contributed by atoms with Crippen LogP contribution in [0.15, 0.2) is 42.5 Å². The highest BCUT2D eigenvalue weighted by molar-refractivity contribution is 6.00. The van der Waals surface area contributed by atoms with Gasteiger partial charge in [0.1, 0.15) is 11.3 Å². The molecule has 1 aliphatic heterocycles. The van der Waals surface area contributed by atoms with Gasteiger partial charge in [0.25, 0.3) is 5.91 Å². The minimum absolute atomic E-state index is 0.0258. The molecule has 2 aromatic carbocycles. The standard InChI is InChI=1S/C29H30N4O3/c1-31-25-20(30-28(31)22-11-16-5-3-4-6-21(16)32(22)13-15-7-8-15)10-17(12-23(25)36-2)29(35)33-14-18-9-19-24(18)26(33)27(19)34/h3-6,10-12,15,18-19,24,26-27,34H,7-9,13-14H2,1-2H3/t18-,19?,24+,26+,27+/m1/s1. The Morgan fingerprint density at radius 2 is 2.03 bits per heavy atom. The first-order valence-electron chi connectivity index (χ1n) is 13.2. The number of imidazole rings is 1. The van der Waals surface area contributed by atoms with E-state index in [1.54, 1.807) is 7.11 Å². The number of benzene rings is 2. The van der Waals surface area contributed by atoms with Crippen LogP contribution in [0.1, 0.15) is 29.6 Å². The monoisotopic (exact) mass is 482 g/mol. The molecule has 4 fully saturated rings. The molecule has 2 aromatic heterocycles. The van der Waals surface area contributed by atoms with E-state index in [0.29, 0.717) is 29.1 Å². The van der Waals surface area contributed by atoms with E-state index in [1.807, 2.05) is 24.1 Å². The minimum atomic E-state index is -0.377. The van der Waals surface area contributed by atoms with Crippen LogP contribution in [0.25, 0.3) is 33.5 Å². The fourth-order valence-corrected chi connectivity index (χ4v) is 7.37. The van der Waals surface area contributed by atoms with E-state index in [0.717, 1.165) is 48.0 Å². The van der Waals surface area contributed by atoms with E-state index < -0.39 is 0 Å². The molecule has 4 aliphatic rings. The van der Waals surface area contributed by atoms with Crippen LogP contribution in [0.5, 0.6) is 5.75 Å². The molecule has 3 saturated carbocycles. The van der Waals surface area contributed by atoms with Gasteiger partial charge in [0.05, 0.1) is 30.5 Å². The fourth-order valence-electron chi connectivity index (χ4n) is 7.37. The number of aromatic nitrogens is 3. The highest BCUT2D eigenvalue weighted by atomic mass is 16.5. The Kier molecular flexibility index (Phi) is 4.12. The van der Waals surface area contributed by atoms with E-state index in [4.69, 9.17) is 9.72 Å². The van der Waals surface area contributed by atoms with Crippen LogP contribution < -0.4 is 4.74 Å².